The van der Waals surface area contributed by atoms with Crippen molar-refractivity contribution in [1.29, 1.82) is 0 Å². The second-order valence-electron chi connectivity index (χ2n) is 9.00. The SMILES string of the molecule is CC(C)c1ccc2c(c1)/C(=N\O)[C@H](O)[C@H]1[C@](C)(/C=N/OCCN)CCC[C@]21C. The summed E-state index contributed by atoms with van der Waals surface area (Å²) in [5, 5.41) is 28.8. The molecule has 1 fully saturated rings. The predicted molar refractivity (Wildman–Crippen MR) is 111 cm³/mol. The molecule has 1 aromatic rings. The van der Waals surface area contributed by atoms with Crippen molar-refractivity contribution in [3.63, 3.8) is 0 Å². The van der Waals surface area contributed by atoms with Crippen LogP contribution in [0.25, 0.3) is 0 Å². The summed E-state index contributed by atoms with van der Waals surface area (Å²) in [6.45, 7) is 9.37. The molecule has 2 aliphatic carbocycles. The molecule has 1 saturated carbocycles. The lowest BCUT2D eigenvalue weighted by atomic mass is 9.49. The van der Waals surface area contributed by atoms with Crippen LogP contribution in [-0.2, 0) is 10.3 Å². The fourth-order valence-corrected chi connectivity index (χ4v) is 5.36. The molecule has 0 unspecified atom stereocenters. The molecule has 0 heterocycles. The predicted octanol–water partition coefficient (Wildman–Crippen LogP) is 3.39. The molecule has 0 spiro atoms. The topological polar surface area (TPSA) is 100 Å². The summed E-state index contributed by atoms with van der Waals surface area (Å²) < 4.78 is 0. The second-order valence-corrected chi connectivity index (χ2v) is 9.00. The first-order valence-electron chi connectivity index (χ1n) is 10.2. The van der Waals surface area contributed by atoms with Crippen LogP contribution in [0.2, 0.25) is 0 Å². The molecule has 4 atom stereocenters. The molecule has 3 rings (SSSR count). The molecule has 1 aromatic carbocycles. The Hall–Kier alpha value is -1.92. The molecule has 0 bridgehead atoms. The molecule has 4 N–H and O–H groups in total. The van der Waals surface area contributed by atoms with E-state index in [1.54, 1.807) is 0 Å². The molecule has 2 aliphatic rings. The lowest BCUT2D eigenvalue weighted by molar-refractivity contribution is 0.00577. The van der Waals surface area contributed by atoms with E-state index in [1.807, 2.05) is 6.21 Å². The Kier molecular flexibility index (Phi) is 5.82. The fraction of sp³-hybridized carbons (Fsp3) is 0.636. The van der Waals surface area contributed by atoms with Crippen LogP contribution >= 0.6 is 0 Å². The molecule has 6 heteroatoms. The van der Waals surface area contributed by atoms with Crippen LogP contribution in [0.4, 0.5) is 0 Å². The minimum atomic E-state index is -0.879. The third-order valence-electron chi connectivity index (χ3n) is 6.74. The van der Waals surface area contributed by atoms with Gasteiger partial charge in [-0.15, -0.1) is 0 Å². The highest BCUT2D eigenvalue weighted by Crippen LogP contribution is 2.56. The van der Waals surface area contributed by atoms with Gasteiger partial charge >= 0.3 is 0 Å². The van der Waals surface area contributed by atoms with E-state index in [-0.39, 0.29) is 16.7 Å². The number of hydrogen-bond donors (Lipinski definition) is 3. The van der Waals surface area contributed by atoms with E-state index >= 15 is 0 Å². The molecule has 0 saturated heterocycles. The summed E-state index contributed by atoms with van der Waals surface area (Å²) in [6, 6.07) is 6.38. The van der Waals surface area contributed by atoms with Crippen LogP contribution in [-0.4, -0.2) is 41.5 Å². The minimum absolute atomic E-state index is 0.165. The summed E-state index contributed by atoms with van der Waals surface area (Å²) in [5.74, 6) is 0.193. The molecule has 6 nitrogen and oxygen atoms in total. The molecule has 0 aliphatic heterocycles. The monoisotopic (exact) mass is 387 g/mol. The maximum absolute atomic E-state index is 11.3. The number of nitrogens with zero attached hydrogens (tertiary/aromatic N) is 2. The number of aliphatic hydroxyl groups is 1. The van der Waals surface area contributed by atoms with E-state index in [1.165, 1.54) is 5.56 Å². The van der Waals surface area contributed by atoms with Gasteiger partial charge in [-0.2, -0.15) is 0 Å². The van der Waals surface area contributed by atoms with Crippen LogP contribution < -0.4 is 5.73 Å². The van der Waals surface area contributed by atoms with Crippen molar-refractivity contribution in [2.75, 3.05) is 13.2 Å². The highest BCUT2D eigenvalue weighted by Gasteiger charge is 2.57. The smallest absolute Gasteiger partial charge is 0.129 e. The Bertz CT molecular complexity index is 776. The van der Waals surface area contributed by atoms with Gasteiger partial charge in [0.15, 0.2) is 0 Å². The van der Waals surface area contributed by atoms with Crippen molar-refractivity contribution < 1.29 is 15.2 Å². The quantitative estimate of drug-likeness (QED) is 0.312. The van der Waals surface area contributed by atoms with Crippen LogP contribution in [0.5, 0.6) is 0 Å². The zero-order valence-electron chi connectivity index (χ0n) is 17.4. The molecule has 0 radical (unpaired) electrons. The largest absolute Gasteiger partial charge is 0.411 e. The van der Waals surface area contributed by atoms with Crippen molar-refractivity contribution >= 4 is 11.9 Å². The lowest BCUT2D eigenvalue weighted by Crippen LogP contribution is -2.58. The molecule has 28 heavy (non-hydrogen) atoms. The third kappa shape index (κ3) is 3.33. The first kappa shape index (κ1) is 20.8. The first-order chi connectivity index (χ1) is 13.3. The maximum atomic E-state index is 11.3. The molecule has 154 valence electrons. The van der Waals surface area contributed by atoms with Crippen molar-refractivity contribution in [3.8, 4) is 0 Å². The fourth-order valence-electron chi connectivity index (χ4n) is 5.36. The Labute approximate surface area is 167 Å². The number of rotatable bonds is 5. The Balaban J connectivity index is 2.11. The van der Waals surface area contributed by atoms with Gasteiger partial charge in [-0.05, 0) is 41.4 Å². The average Bonchev–Trinajstić information content (AvgIpc) is 2.65. The van der Waals surface area contributed by atoms with Gasteiger partial charge in [0.05, 0.1) is 6.21 Å². The van der Waals surface area contributed by atoms with E-state index in [4.69, 9.17) is 10.6 Å². The van der Waals surface area contributed by atoms with Crippen molar-refractivity contribution in [2.45, 2.75) is 64.4 Å². The van der Waals surface area contributed by atoms with Gasteiger partial charge in [-0.25, -0.2) is 0 Å². The van der Waals surface area contributed by atoms with Crippen LogP contribution in [0.15, 0.2) is 28.5 Å². The van der Waals surface area contributed by atoms with Gasteiger partial charge in [0.2, 0.25) is 0 Å². The third-order valence-corrected chi connectivity index (χ3v) is 6.74. The summed E-state index contributed by atoms with van der Waals surface area (Å²) in [5.41, 5.74) is 8.37. The number of fused-ring (bicyclic) bond motifs is 3. The van der Waals surface area contributed by atoms with Crippen LogP contribution in [0.3, 0.4) is 0 Å². The van der Waals surface area contributed by atoms with Crippen molar-refractivity contribution in [2.24, 2.45) is 27.4 Å². The summed E-state index contributed by atoms with van der Waals surface area (Å²) >= 11 is 0. The Morgan fingerprint density at radius 2 is 2.07 bits per heavy atom. The Morgan fingerprint density at radius 1 is 1.32 bits per heavy atom. The van der Waals surface area contributed by atoms with Gasteiger partial charge in [-0.3, -0.25) is 0 Å². The second kappa shape index (κ2) is 7.84. The van der Waals surface area contributed by atoms with Crippen molar-refractivity contribution in [1.82, 2.24) is 0 Å². The first-order valence-corrected chi connectivity index (χ1v) is 10.2. The number of nitrogens with two attached hydrogens (primary N) is 1. The minimum Gasteiger partial charge on any atom is -0.411 e. The van der Waals surface area contributed by atoms with Gasteiger partial charge in [-0.1, -0.05) is 56.6 Å². The maximum Gasteiger partial charge on any atom is 0.129 e. The van der Waals surface area contributed by atoms with Crippen LogP contribution in [0.1, 0.15) is 69.6 Å². The van der Waals surface area contributed by atoms with E-state index in [0.717, 1.165) is 30.4 Å². The highest BCUT2D eigenvalue weighted by atomic mass is 16.6. The highest BCUT2D eigenvalue weighted by molar-refractivity contribution is 6.07. The molecule has 0 aromatic heterocycles. The average molecular weight is 388 g/mol. The lowest BCUT2D eigenvalue weighted by Gasteiger charge is -2.55. The summed E-state index contributed by atoms with van der Waals surface area (Å²) in [6.07, 6.45) is 3.81. The van der Waals surface area contributed by atoms with Gasteiger partial charge in [0.1, 0.15) is 18.4 Å². The molecular weight excluding hydrogens is 354 g/mol. The molecule has 0 amide bonds. The number of aliphatic hydroxyl groups excluding tert-OH is 1. The van der Waals surface area contributed by atoms with Gasteiger partial charge in [0, 0.05) is 23.4 Å². The van der Waals surface area contributed by atoms with E-state index in [9.17, 15) is 10.3 Å². The van der Waals surface area contributed by atoms with Gasteiger partial charge in [0.25, 0.3) is 0 Å². The van der Waals surface area contributed by atoms with E-state index < -0.39 is 6.10 Å². The molecular formula is C22H33N3O3. The normalized spacial score (nSPS) is 33.9. The zero-order valence-corrected chi connectivity index (χ0v) is 17.4. The summed E-state index contributed by atoms with van der Waals surface area (Å²) in [4.78, 5) is 5.25. The number of benzene rings is 1. The van der Waals surface area contributed by atoms with Gasteiger partial charge < -0.3 is 20.9 Å². The summed E-state index contributed by atoms with van der Waals surface area (Å²) in [7, 11) is 0. The van der Waals surface area contributed by atoms with E-state index in [0.29, 0.717) is 24.8 Å². The number of oxime groups is 2. The zero-order chi connectivity index (χ0) is 20.5. The standard InChI is InChI=1S/C22H33N3O3/c1-14(2)15-6-7-17-16(12-15)18(25-27)19(26)20-21(3,13-24-28-11-10-23)8-5-9-22(17,20)4/h6-7,12-14,19-20,26-27H,5,8-11,23H2,1-4H3/b24-13+,25-18+/t19-,20-,21-,22+/m0/s1. The van der Waals surface area contributed by atoms with Crippen molar-refractivity contribution in [3.05, 3.63) is 34.9 Å². The Morgan fingerprint density at radius 3 is 2.71 bits per heavy atom. The van der Waals surface area contributed by atoms with E-state index in [2.05, 4.69) is 56.2 Å². The number of hydrogen-bond acceptors (Lipinski definition) is 6. The van der Waals surface area contributed by atoms with Crippen LogP contribution in [0, 0.1) is 11.3 Å².